The predicted molar refractivity (Wildman–Crippen MR) is 96.4 cm³/mol. The van der Waals surface area contributed by atoms with Crippen molar-refractivity contribution < 1.29 is 19.4 Å². The Morgan fingerprint density at radius 2 is 2.04 bits per heavy atom. The molecule has 25 heavy (non-hydrogen) atoms. The lowest BCUT2D eigenvalue weighted by molar-refractivity contribution is -0.141. The van der Waals surface area contributed by atoms with Crippen LogP contribution in [0.2, 0.25) is 0 Å². The molecule has 0 aliphatic rings. The van der Waals surface area contributed by atoms with Gasteiger partial charge in [-0.1, -0.05) is 32.0 Å². The number of methoxy groups -OCH3 is 1. The van der Waals surface area contributed by atoms with Crippen LogP contribution in [0.15, 0.2) is 30.5 Å². The van der Waals surface area contributed by atoms with Crippen LogP contribution in [-0.2, 0) is 11.2 Å². The second kappa shape index (κ2) is 8.62. The van der Waals surface area contributed by atoms with E-state index in [9.17, 15) is 14.7 Å². The Hall–Kier alpha value is -2.41. The van der Waals surface area contributed by atoms with Gasteiger partial charge in [-0.3, -0.25) is 9.59 Å². The maximum atomic E-state index is 12.2. The molecule has 2 N–H and O–H groups in total. The Balaban J connectivity index is 2.01. The Bertz CT molecular complexity index is 742. The largest absolute Gasteiger partial charge is 0.496 e. The fourth-order valence-corrected chi connectivity index (χ4v) is 3.18. The van der Waals surface area contributed by atoms with Crippen molar-refractivity contribution in [2.24, 2.45) is 5.92 Å². The Morgan fingerprint density at radius 3 is 2.64 bits per heavy atom. The van der Waals surface area contributed by atoms with Gasteiger partial charge in [0.15, 0.2) is 0 Å². The number of hydrogen-bond donors (Lipinski definition) is 2. The number of carboxylic acids is 1. The summed E-state index contributed by atoms with van der Waals surface area (Å²) in [7, 11) is 1.55. The van der Waals surface area contributed by atoms with E-state index in [1.165, 1.54) is 17.5 Å². The van der Waals surface area contributed by atoms with Gasteiger partial charge < -0.3 is 15.2 Å². The third-order valence-electron chi connectivity index (χ3n) is 3.76. The minimum Gasteiger partial charge on any atom is -0.496 e. The quantitative estimate of drug-likeness (QED) is 0.754. The number of aromatic nitrogens is 1. The lowest BCUT2D eigenvalue weighted by Crippen LogP contribution is -2.33. The number of nitrogens with one attached hydrogen (secondary N) is 1. The monoisotopic (exact) mass is 362 g/mol. The van der Waals surface area contributed by atoms with E-state index in [1.54, 1.807) is 13.2 Å². The Labute approximate surface area is 150 Å². The summed E-state index contributed by atoms with van der Waals surface area (Å²) in [6, 6.07) is 7.28. The highest BCUT2D eigenvalue weighted by molar-refractivity contribution is 7.13. The zero-order valence-corrected chi connectivity index (χ0v) is 15.3. The van der Waals surface area contributed by atoms with Crippen molar-refractivity contribution >= 4 is 23.2 Å². The van der Waals surface area contributed by atoms with E-state index in [0.717, 1.165) is 10.6 Å². The molecule has 6 nitrogen and oxygen atoms in total. The van der Waals surface area contributed by atoms with Crippen LogP contribution in [0.1, 0.15) is 40.0 Å². The zero-order chi connectivity index (χ0) is 18.4. The van der Waals surface area contributed by atoms with Crippen molar-refractivity contribution in [3.63, 3.8) is 0 Å². The third kappa shape index (κ3) is 5.03. The summed E-state index contributed by atoms with van der Waals surface area (Å²) in [5.41, 5.74) is 0.798. The van der Waals surface area contributed by atoms with Crippen LogP contribution < -0.4 is 10.1 Å². The highest BCUT2D eigenvalue weighted by atomic mass is 32.1. The molecule has 0 saturated carbocycles. The van der Waals surface area contributed by atoms with Crippen molar-refractivity contribution in [2.75, 3.05) is 13.7 Å². The van der Waals surface area contributed by atoms with Gasteiger partial charge in [-0.15, -0.1) is 11.3 Å². The molecule has 1 amide bonds. The van der Waals surface area contributed by atoms with E-state index < -0.39 is 11.9 Å². The minimum atomic E-state index is -0.960. The van der Waals surface area contributed by atoms with Gasteiger partial charge in [-0.25, -0.2) is 4.98 Å². The van der Waals surface area contributed by atoms with Crippen LogP contribution in [0.25, 0.3) is 0 Å². The fourth-order valence-electron chi connectivity index (χ4n) is 2.35. The molecule has 134 valence electrons. The average molecular weight is 362 g/mol. The first-order chi connectivity index (χ1) is 11.9. The Kier molecular flexibility index (Phi) is 6.52. The second-order valence-corrected chi connectivity index (χ2v) is 7.04. The number of carbonyl (C=O) groups is 2. The smallest absolute Gasteiger partial charge is 0.308 e. The lowest BCUT2D eigenvalue weighted by atomic mass is 9.98. The molecule has 1 heterocycles. The molecule has 0 radical (unpaired) electrons. The van der Waals surface area contributed by atoms with Crippen LogP contribution in [0.4, 0.5) is 0 Å². The normalized spacial score (nSPS) is 12.0. The number of nitrogens with zero attached hydrogens (tertiary/aromatic N) is 1. The SMILES string of the molecule is COc1ccccc1CC(CNC(=O)c1cnc(C(C)C)s1)C(=O)O. The minimum absolute atomic E-state index is 0.0428. The third-order valence-corrected chi connectivity index (χ3v) is 5.06. The molecule has 0 bridgehead atoms. The number of aliphatic carboxylic acids is 1. The molecule has 2 rings (SSSR count). The maximum absolute atomic E-state index is 12.2. The molecule has 0 aliphatic carbocycles. The van der Waals surface area contributed by atoms with Crippen molar-refractivity contribution in [3.8, 4) is 5.75 Å². The summed E-state index contributed by atoms with van der Waals surface area (Å²) >= 11 is 1.33. The van der Waals surface area contributed by atoms with Gasteiger partial charge in [-0.05, 0) is 18.1 Å². The van der Waals surface area contributed by atoms with Gasteiger partial charge in [0.1, 0.15) is 10.6 Å². The topological polar surface area (TPSA) is 88.5 Å². The highest BCUT2D eigenvalue weighted by Gasteiger charge is 2.21. The zero-order valence-electron chi connectivity index (χ0n) is 14.5. The molecular weight excluding hydrogens is 340 g/mol. The van der Waals surface area contributed by atoms with E-state index in [2.05, 4.69) is 10.3 Å². The van der Waals surface area contributed by atoms with Crippen molar-refractivity contribution in [2.45, 2.75) is 26.2 Å². The van der Waals surface area contributed by atoms with E-state index in [-0.39, 0.29) is 24.8 Å². The molecular formula is C18H22N2O4S. The molecule has 7 heteroatoms. The number of rotatable bonds is 8. The molecule has 0 aliphatic heterocycles. The fraction of sp³-hybridized carbons (Fsp3) is 0.389. The van der Waals surface area contributed by atoms with Crippen LogP contribution in [0.3, 0.4) is 0 Å². The molecule has 2 aromatic rings. The number of para-hydroxylation sites is 1. The number of carboxylic acid groups (broad SMARTS) is 1. The first-order valence-corrected chi connectivity index (χ1v) is 8.82. The van der Waals surface area contributed by atoms with Crippen molar-refractivity contribution in [3.05, 3.63) is 45.9 Å². The molecule has 1 aromatic carbocycles. The first kappa shape index (κ1) is 18.9. The van der Waals surface area contributed by atoms with E-state index in [4.69, 9.17) is 4.74 Å². The molecule has 0 spiro atoms. The number of benzene rings is 1. The van der Waals surface area contributed by atoms with Gasteiger partial charge in [0.05, 0.1) is 24.2 Å². The van der Waals surface area contributed by atoms with Gasteiger partial charge in [-0.2, -0.15) is 0 Å². The van der Waals surface area contributed by atoms with Gasteiger partial charge >= 0.3 is 5.97 Å². The summed E-state index contributed by atoms with van der Waals surface area (Å²) in [4.78, 5) is 28.5. The summed E-state index contributed by atoms with van der Waals surface area (Å²) in [6.07, 6.45) is 1.81. The van der Waals surface area contributed by atoms with Crippen LogP contribution in [0.5, 0.6) is 5.75 Å². The molecule has 1 atom stereocenters. The number of hydrogen-bond acceptors (Lipinski definition) is 5. The molecule has 1 aromatic heterocycles. The van der Waals surface area contributed by atoms with Crippen molar-refractivity contribution in [1.82, 2.24) is 10.3 Å². The summed E-state index contributed by atoms with van der Waals surface area (Å²) in [5, 5.41) is 13.0. The average Bonchev–Trinajstić information content (AvgIpc) is 3.08. The summed E-state index contributed by atoms with van der Waals surface area (Å²) in [5.74, 6) is -1.10. The Morgan fingerprint density at radius 1 is 1.32 bits per heavy atom. The van der Waals surface area contributed by atoms with Gasteiger partial charge in [0, 0.05) is 12.5 Å². The predicted octanol–water partition coefficient (Wildman–Crippen LogP) is 2.95. The number of ether oxygens (including phenoxy) is 1. The molecule has 0 saturated heterocycles. The van der Waals surface area contributed by atoms with E-state index >= 15 is 0 Å². The van der Waals surface area contributed by atoms with Crippen LogP contribution >= 0.6 is 11.3 Å². The molecule has 1 unspecified atom stereocenters. The number of amides is 1. The summed E-state index contributed by atoms with van der Waals surface area (Å²) in [6.45, 7) is 4.06. The first-order valence-electron chi connectivity index (χ1n) is 8.01. The van der Waals surface area contributed by atoms with Crippen LogP contribution in [0, 0.1) is 5.92 Å². The number of thiazole rings is 1. The van der Waals surface area contributed by atoms with Crippen LogP contribution in [-0.4, -0.2) is 35.6 Å². The highest BCUT2D eigenvalue weighted by Crippen LogP contribution is 2.22. The van der Waals surface area contributed by atoms with Gasteiger partial charge in [0.2, 0.25) is 0 Å². The van der Waals surface area contributed by atoms with E-state index in [0.29, 0.717) is 10.6 Å². The lowest BCUT2D eigenvalue weighted by Gasteiger charge is -2.15. The summed E-state index contributed by atoms with van der Waals surface area (Å²) < 4.78 is 5.26. The number of carbonyl (C=O) groups excluding carboxylic acids is 1. The molecule has 0 fully saturated rings. The van der Waals surface area contributed by atoms with E-state index in [1.807, 2.05) is 32.0 Å². The second-order valence-electron chi connectivity index (χ2n) is 5.98. The van der Waals surface area contributed by atoms with Crippen molar-refractivity contribution in [1.29, 1.82) is 0 Å². The van der Waals surface area contributed by atoms with Gasteiger partial charge in [0.25, 0.3) is 5.91 Å². The standard InChI is InChI=1S/C18H22N2O4S/c1-11(2)17-20-10-15(25-17)16(21)19-9-13(18(22)23)8-12-6-4-5-7-14(12)24-3/h4-7,10-11,13H,8-9H2,1-3H3,(H,19,21)(H,22,23). The maximum Gasteiger partial charge on any atom is 0.308 e.